The lowest BCUT2D eigenvalue weighted by atomic mass is 9.93. The Morgan fingerprint density at radius 3 is 1.83 bits per heavy atom. The van der Waals surface area contributed by atoms with Crippen molar-refractivity contribution in [1.82, 2.24) is 9.13 Å². The second-order valence-corrected chi connectivity index (χ2v) is 11.0. The summed E-state index contributed by atoms with van der Waals surface area (Å²) in [5.41, 5.74) is 8.67. The molecule has 0 bridgehead atoms. The van der Waals surface area contributed by atoms with Gasteiger partial charge >= 0.3 is 0 Å². The lowest BCUT2D eigenvalue weighted by Crippen LogP contribution is -1.93. The van der Waals surface area contributed by atoms with Crippen LogP contribution < -0.4 is 0 Å². The van der Waals surface area contributed by atoms with Gasteiger partial charge in [0.25, 0.3) is 0 Å². The van der Waals surface area contributed by atoms with Crippen LogP contribution in [0.2, 0.25) is 0 Å². The summed E-state index contributed by atoms with van der Waals surface area (Å²) in [4.78, 5) is 0. The highest BCUT2D eigenvalue weighted by Gasteiger charge is 2.20. The average molecular weight is 523 g/mol. The van der Waals surface area contributed by atoms with Crippen LogP contribution in [0.15, 0.2) is 140 Å². The molecule has 0 unspecified atom stereocenters. The SMILES string of the molecule is Cn1c2cccc(-c3ccc4c5ccccc5n(-c5ccccc5)c4c3)c2c2c3ccccc3c3ccccc3c21. The third-order valence-electron chi connectivity index (χ3n) is 8.89. The topological polar surface area (TPSA) is 9.86 Å². The molecule has 0 atom stereocenters. The zero-order valence-corrected chi connectivity index (χ0v) is 22.7. The molecule has 0 saturated carbocycles. The first-order chi connectivity index (χ1) is 20.3. The van der Waals surface area contributed by atoms with E-state index >= 15 is 0 Å². The number of nitrogens with zero attached hydrogens (tertiary/aromatic N) is 2. The normalized spacial score (nSPS) is 12.0. The Morgan fingerprint density at radius 2 is 1.02 bits per heavy atom. The minimum absolute atomic E-state index is 1.18. The van der Waals surface area contributed by atoms with Gasteiger partial charge in [0.15, 0.2) is 0 Å². The molecule has 0 aliphatic rings. The molecule has 2 heterocycles. The van der Waals surface area contributed by atoms with Crippen LogP contribution in [0.3, 0.4) is 0 Å². The first-order valence-corrected chi connectivity index (χ1v) is 14.2. The summed E-state index contributed by atoms with van der Waals surface area (Å²) < 4.78 is 4.79. The van der Waals surface area contributed by atoms with E-state index in [0.717, 1.165) is 0 Å². The molecule has 41 heavy (non-hydrogen) atoms. The first-order valence-electron chi connectivity index (χ1n) is 14.2. The fraction of sp³-hybridized carbons (Fsp3) is 0.0256. The van der Waals surface area contributed by atoms with Crippen molar-refractivity contribution in [2.45, 2.75) is 0 Å². The number of hydrogen-bond donors (Lipinski definition) is 0. The van der Waals surface area contributed by atoms with E-state index in [9.17, 15) is 0 Å². The zero-order chi connectivity index (χ0) is 27.1. The van der Waals surface area contributed by atoms with Gasteiger partial charge in [-0.05, 0) is 57.6 Å². The summed E-state index contributed by atoms with van der Waals surface area (Å²) in [7, 11) is 2.21. The molecule has 0 saturated heterocycles. The number of fused-ring (bicyclic) bond motifs is 11. The fourth-order valence-corrected chi connectivity index (χ4v) is 7.16. The van der Waals surface area contributed by atoms with Crippen molar-refractivity contribution >= 4 is 65.2 Å². The van der Waals surface area contributed by atoms with Gasteiger partial charge in [0.05, 0.1) is 16.6 Å². The highest BCUT2D eigenvalue weighted by Crippen LogP contribution is 2.44. The van der Waals surface area contributed by atoms with Crippen LogP contribution in [-0.2, 0) is 7.05 Å². The van der Waals surface area contributed by atoms with E-state index in [1.807, 2.05) is 0 Å². The predicted molar refractivity (Wildman–Crippen MR) is 175 cm³/mol. The van der Waals surface area contributed by atoms with Crippen molar-refractivity contribution in [2.75, 3.05) is 0 Å². The van der Waals surface area contributed by atoms with Crippen LogP contribution in [0.5, 0.6) is 0 Å². The monoisotopic (exact) mass is 522 g/mol. The Kier molecular flexibility index (Phi) is 4.57. The van der Waals surface area contributed by atoms with Crippen molar-refractivity contribution in [3.8, 4) is 16.8 Å². The maximum Gasteiger partial charge on any atom is 0.0575 e. The summed E-state index contributed by atoms with van der Waals surface area (Å²) >= 11 is 0. The molecule has 0 amide bonds. The lowest BCUT2D eigenvalue weighted by molar-refractivity contribution is 1.02. The highest BCUT2D eigenvalue weighted by molar-refractivity contribution is 6.33. The summed E-state index contributed by atoms with van der Waals surface area (Å²) in [6.45, 7) is 0. The summed E-state index contributed by atoms with van der Waals surface area (Å²) in [6, 6.07) is 50.9. The van der Waals surface area contributed by atoms with Gasteiger partial charge in [-0.25, -0.2) is 0 Å². The third kappa shape index (κ3) is 3.02. The molecule has 0 N–H and O–H groups in total. The molecule has 0 fully saturated rings. The molecular weight excluding hydrogens is 496 g/mol. The third-order valence-corrected chi connectivity index (χ3v) is 8.89. The van der Waals surface area contributed by atoms with E-state index < -0.39 is 0 Å². The first kappa shape index (κ1) is 22.5. The van der Waals surface area contributed by atoms with E-state index in [2.05, 4.69) is 156 Å². The molecule has 9 rings (SSSR count). The molecule has 2 heteroatoms. The van der Waals surface area contributed by atoms with Gasteiger partial charge in [-0.3, -0.25) is 0 Å². The Labute approximate surface area is 237 Å². The number of aryl methyl sites for hydroxylation is 1. The molecular formula is C39H26N2. The van der Waals surface area contributed by atoms with Crippen LogP contribution in [0.25, 0.3) is 82.0 Å². The molecule has 2 aromatic heterocycles. The summed E-state index contributed by atoms with van der Waals surface area (Å²) in [5, 5.41) is 10.4. The van der Waals surface area contributed by atoms with E-state index in [-0.39, 0.29) is 0 Å². The number of hydrogen-bond acceptors (Lipinski definition) is 0. The largest absolute Gasteiger partial charge is 0.343 e. The van der Waals surface area contributed by atoms with Crippen molar-refractivity contribution in [3.05, 3.63) is 140 Å². The Balaban J connectivity index is 1.44. The van der Waals surface area contributed by atoms with Gasteiger partial charge in [-0.1, -0.05) is 109 Å². The number of benzene rings is 7. The zero-order valence-electron chi connectivity index (χ0n) is 22.7. The average Bonchev–Trinajstić information content (AvgIpc) is 3.53. The maximum atomic E-state index is 2.40. The minimum atomic E-state index is 1.18. The molecule has 0 aliphatic carbocycles. The standard InChI is InChI=1S/C39H26N2/c1-40-35-21-11-19-27(37(35)38-32-17-7-5-14-28(32)29-15-6-8-18-33(29)39(38)40)25-22-23-31-30-16-9-10-20-34(30)41(36(31)24-25)26-12-3-2-4-13-26/h2-24H,1H3. The van der Waals surface area contributed by atoms with Crippen LogP contribution in [0.4, 0.5) is 0 Å². The second-order valence-electron chi connectivity index (χ2n) is 11.0. The smallest absolute Gasteiger partial charge is 0.0575 e. The van der Waals surface area contributed by atoms with Crippen molar-refractivity contribution < 1.29 is 0 Å². The van der Waals surface area contributed by atoms with E-state index in [0.29, 0.717) is 0 Å². The van der Waals surface area contributed by atoms with Crippen LogP contribution in [0, 0.1) is 0 Å². The number of para-hydroxylation sites is 2. The minimum Gasteiger partial charge on any atom is -0.343 e. The molecule has 0 spiro atoms. The van der Waals surface area contributed by atoms with Gasteiger partial charge in [0.1, 0.15) is 0 Å². The highest BCUT2D eigenvalue weighted by atomic mass is 15.0. The number of rotatable bonds is 2. The lowest BCUT2D eigenvalue weighted by Gasteiger charge is -2.11. The quantitative estimate of drug-likeness (QED) is 0.200. The van der Waals surface area contributed by atoms with E-state index in [1.54, 1.807) is 0 Å². The van der Waals surface area contributed by atoms with Gasteiger partial charge in [-0.2, -0.15) is 0 Å². The van der Waals surface area contributed by atoms with Gasteiger partial charge in [0.2, 0.25) is 0 Å². The summed E-state index contributed by atoms with van der Waals surface area (Å²) in [6.07, 6.45) is 0. The van der Waals surface area contributed by atoms with Gasteiger partial charge < -0.3 is 9.13 Å². The molecule has 192 valence electrons. The molecule has 0 radical (unpaired) electrons. The van der Waals surface area contributed by atoms with Crippen LogP contribution in [0.1, 0.15) is 0 Å². The van der Waals surface area contributed by atoms with Gasteiger partial charge in [-0.15, -0.1) is 0 Å². The molecule has 7 aromatic carbocycles. The van der Waals surface area contributed by atoms with Gasteiger partial charge in [0, 0.05) is 45.2 Å². The number of aromatic nitrogens is 2. The Hall–Kier alpha value is -5.34. The van der Waals surface area contributed by atoms with E-state index in [1.165, 1.54) is 82.0 Å². The van der Waals surface area contributed by atoms with Crippen LogP contribution >= 0.6 is 0 Å². The predicted octanol–water partition coefficient (Wildman–Crippen LogP) is 10.4. The molecule has 9 aromatic rings. The van der Waals surface area contributed by atoms with Crippen molar-refractivity contribution in [3.63, 3.8) is 0 Å². The van der Waals surface area contributed by atoms with Crippen molar-refractivity contribution in [2.24, 2.45) is 7.05 Å². The Bertz CT molecular complexity index is 2470. The van der Waals surface area contributed by atoms with E-state index in [4.69, 9.17) is 0 Å². The Morgan fingerprint density at radius 1 is 0.415 bits per heavy atom. The van der Waals surface area contributed by atoms with Crippen LogP contribution in [-0.4, -0.2) is 9.13 Å². The summed E-state index contributed by atoms with van der Waals surface area (Å²) in [5.74, 6) is 0. The molecule has 2 nitrogen and oxygen atoms in total. The second kappa shape index (κ2) is 8.33. The maximum absolute atomic E-state index is 2.40. The fourth-order valence-electron chi connectivity index (χ4n) is 7.16. The van der Waals surface area contributed by atoms with Crippen molar-refractivity contribution in [1.29, 1.82) is 0 Å². The molecule has 0 aliphatic heterocycles.